The topological polar surface area (TPSA) is 55.9 Å². The largest absolute Gasteiger partial charge is 0.336 e. The molecule has 0 radical (unpaired) electrons. The van der Waals surface area contributed by atoms with Crippen molar-refractivity contribution in [2.45, 2.75) is 12.5 Å². The normalized spacial score (nSPS) is 12.7. The van der Waals surface area contributed by atoms with Crippen LogP contribution in [0.25, 0.3) is 0 Å². The summed E-state index contributed by atoms with van der Waals surface area (Å²) in [5.41, 5.74) is 3.98. The van der Waals surface area contributed by atoms with Crippen molar-refractivity contribution in [3.05, 3.63) is 52.8 Å². The maximum absolute atomic E-state index is 13.7. The fraction of sp³-hybridized carbons (Fsp3) is 0.250. The molecule has 18 heavy (non-hydrogen) atoms. The molecule has 6 heteroatoms. The van der Waals surface area contributed by atoms with Crippen LogP contribution < -0.4 is 11.3 Å². The van der Waals surface area contributed by atoms with Gasteiger partial charge in [0.15, 0.2) is 0 Å². The van der Waals surface area contributed by atoms with E-state index in [2.05, 4.69) is 10.4 Å². The third-order valence-electron chi connectivity index (χ3n) is 2.88. The molecule has 1 heterocycles. The number of nitrogens with one attached hydrogen (secondary N) is 1. The molecule has 4 nitrogen and oxygen atoms in total. The zero-order valence-corrected chi connectivity index (χ0v) is 10.7. The van der Waals surface area contributed by atoms with Crippen molar-refractivity contribution >= 4 is 11.6 Å². The fourth-order valence-electron chi connectivity index (χ4n) is 1.88. The summed E-state index contributed by atoms with van der Waals surface area (Å²) in [7, 11) is 1.86. The SMILES string of the molecule is Cn1cncc1C(Cc1c(F)cccc1Cl)NN. The highest BCUT2D eigenvalue weighted by atomic mass is 35.5. The van der Waals surface area contributed by atoms with E-state index in [0.29, 0.717) is 17.0 Å². The first-order valence-corrected chi connectivity index (χ1v) is 5.86. The molecule has 0 aliphatic heterocycles. The minimum atomic E-state index is -0.329. The lowest BCUT2D eigenvalue weighted by Crippen LogP contribution is -2.31. The molecular weight excluding hydrogens is 255 g/mol. The number of hydrogen-bond donors (Lipinski definition) is 2. The van der Waals surface area contributed by atoms with Gasteiger partial charge in [-0.3, -0.25) is 11.3 Å². The van der Waals surface area contributed by atoms with E-state index in [1.807, 2.05) is 11.6 Å². The van der Waals surface area contributed by atoms with Gasteiger partial charge in [0.1, 0.15) is 5.82 Å². The number of hydrazine groups is 1. The standard InChI is InChI=1S/C12H14ClFN4/c1-18-7-16-6-12(18)11(17-15)5-8-9(13)3-2-4-10(8)14/h2-4,6-7,11,17H,5,15H2,1H3. The van der Waals surface area contributed by atoms with Crippen LogP contribution in [0, 0.1) is 5.82 Å². The van der Waals surface area contributed by atoms with Gasteiger partial charge in [-0.05, 0) is 18.6 Å². The van der Waals surface area contributed by atoms with Gasteiger partial charge in [0, 0.05) is 23.8 Å². The first-order chi connectivity index (χ1) is 8.63. The van der Waals surface area contributed by atoms with Gasteiger partial charge in [0.25, 0.3) is 0 Å². The lowest BCUT2D eigenvalue weighted by atomic mass is 10.0. The van der Waals surface area contributed by atoms with Crippen molar-refractivity contribution in [3.63, 3.8) is 0 Å². The van der Waals surface area contributed by atoms with Gasteiger partial charge in [0.05, 0.1) is 18.1 Å². The Morgan fingerprint density at radius 2 is 2.33 bits per heavy atom. The molecule has 2 aromatic rings. The van der Waals surface area contributed by atoms with Crippen molar-refractivity contribution < 1.29 is 4.39 Å². The molecule has 0 saturated carbocycles. The highest BCUT2D eigenvalue weighted by Crippen LogP contribution is 2.25. The van der Waals surface area contributed by atoms with Crippen molar-refractivity contribution in [1.29, 1.82) is 0 Å². The van der Waals surface area contributed by atoms with E-state index >= 15 is 0 Å². The summed E-state index contributed by atoms with van der Waals surface area (Å²) in [6.07, 6.45) is 3.73. The first kappa shape index (κ1) is 13.0. The number of aryl methyl sites for hydroxylation is 1. The smallest absolute Gasteiger partial charge is 0.127 e. The molecule has 0 amide bonds. The number of nitrogens with two attached hydrogens (primary N) is 1. The fourth-order valence-corrected chi connectivity index (χ4v) is 2.12. The zero-order chi connectivity index (χ0) is 13.1. The number of rotatable bonds is 4. The van der Waals surface area contributed by atoms with Crippen LogP contribution in [0.3, 0.4) is 0 Å². The molecule has 1 atom stereocenters. The monoisotopic (exact) mass is 268 g/mol. The molecule has 0 aliphatic carbocycles. The number of imidazole rings is 1. The van der Waals surface area contributed by atoms with Gasteiger partial charge >= 0.3 is 0 Å². The second-order valence-corrected chi connectivity index (χ2v) is 4.46. The Morgan fingerprint density at radius 1 is 1.56 bits per heavy atom. The predicted octanol–water partition coefficient (Wildman–Crippen LogP) is 1.96. The lowest BCUT2D eigenvalue weighted by Gasteiger charge is -2.17. The van der Waals surface area contributed by atoms with E-state index in [4.69, 9.17) is 17.4 Å². The number of benzene rings is 1. The van der Waals surface area contributed by atoms with Crippen LogP contribution in [0.4, 0.5) is 4.39 Å². The summed E-state index contributed by atoms with van der Waals surface area (Å²) in [6.45, 7) is 0. The highest BCUT2D eigenvalue weighted by Gasteiger charge is 2.17. The summed E-state index contributed by atoms with van der Waals surface area (Å²) in [4.78, 5) is 4.02. The van der Waals surface area contributed by atoms with Gasteiger partial charge in [-0.15, -0.1) is 0 Å². The predicted molar refractivity (Wildman–Crippen MR) is 68.4 cm³/mol. The van der Waals surface area contributed by atoms with E-state index in [-0.39, 0.29) is 11.9 Å². The Morgan fingerprint density at radius 3 is 2.89 bits per heavy atom. The maximum Gasteiger partial charge on any atom is 0.127 e. The van der Waals surface area contributed by atoms with Gasteiger partial charge in [-0.25, -0.2) is 9.37 Å². The van der Waals surface area contributed by atoms with E-state index < -0.39 is 0 Å². The van der Waals surface area contributed by atoms with Gasteiger partial charge in [0.2, 0.25) is 0 Å². The third-order valence-corrected chi connectivity index (χ3v) is 3.24. The summed E-state index contributed by atoms with van der Waals surface area (Å²) < 4.78 is 15.5. The van der Waals surface area contributed by atoms with Crippen LogP contribution in [0.2, 0.25) is 5.02 Å². The molecule has 2 rings (SSSR count). The lowest BCUT2D eigenvalue weighted by molar-refractivity contribution is 0.506. The van der Waals surface area contributed by atoms with Crippen molar-refractivity contribution in [1.82, 2.24) is 15.0 Å². The molecule has 3 N–H and O–H groups in total. The highest BCUT2D eigenvalue weighted by molar-refractivity contribution is 6.31. The molecular formula is C12H14ClFN4. The Hall–Kier alpha value is -1.43. The summed E-state index contributed by atoms with van der Waals surface area (Å²) >= 11 is 6.00. The van der Waals surface area contributed by atoms with Crippen molar-refractivity contribution in [2.75, 3.05) is 0 Å². The molecule has 1 aromatic heterocycles. The minimum Gasteiger partial charge on any atom is -0.336 e. The molecule has 1 aromatic carbocycles. The second kappa shape index (κ2) is 5.48. The summed E-state index contributed by atoms with van der Waals surface area (Å²) in [5.74, 6) is 5.20. The average Bonchev–Trinajstić information content (AvgIpc) is 2.76. The van der Waals surface area contributed by atoms with Crippen molar-refractivity contribution in [2.24, 2.45) is 12.9 Å². The van der Waals surface area contributed by atoms with Crippen molar-refractivity contribution in [3.8, 4) is 0 Å². The Bertz CT molecular complexity index is 520. The van der Waals surface area contributed by atoms with Crippen LogP contribution in [0.5, 0.6) is 0 Å². The minimum absolute atomic E-state index is 0.244. The number of hydrogen-bond acceptors (Lipinski definition) is 3. The van der Waals surface area contributed by atoms with Gasteiger partial charge < -0.3 is 4.57 Å². The van der Waals surface area contributed by atoms with E-state index in [1.165, 1.54) is 6.07 Å². The summed E-state index contributed by atoms with van der Waals surface area (Å²) in [5, 5.41) is 0.400. The van der Waals surface area contributed by atoms with E-state index in [9.17, 15) is 4.39 Å². The van der Waals surface area contributed by atoms with Crippen LogP contribution >= 0.6 is 11.6 Å². The van der Waals surface area contributed by atoms with Gasteiger partial charge in [-0.1, -0.05) is 17.7 Å². The Kier molecular flexibility index (Phi) is 3.96. The molecule has 0 saturated heterocycles. The molecule has 0 aliphatic rings. The average molecular weight is 269 g/mol. The van der Waals surface area contributed by atoms with Gasteiger partial charge in [-0.2, -0.15) is 0 Å². The number of halogens is 2. The molecule has 0 spiro atoms. The molecule has 96 valence electrons. The maximum atomic E-state index is 13.7. The molecule has 1 unspecified atom stereocenters. The number of aromatic nitrogens is 2. The Balaban J connectivity index is 2.29. The molecule has 0 bridgehead atoms. The zero-order valence-electron chi connectivity index (χ0n) is 9.90. The summed E-state index contributed by atoms with van der Waals surface area (Å²) in [6, 6.07) is 4.39. The van der Waals surface area contributed by atoms with Crippen LogP contribution in [-0.2, 0) is 13.5 Å². The van der Waals surface area contributed by atoms with E-state index in [1.54, 1.807) is 24.7 Å². The first-order valence-electron chi connectivity index (χ1n) is 5.48. The van der Waals surface area contributed by atoms with Crippen LogP contribution in [-0.4, -0.2) is 9.55 Å². The second-order valence-electron chi connectivity index (χ2n) is 4.05. The number of nitrogens with zero attached hydrogens (tertiary/aromatic N) is 2. The van der Waals surface area contributed by atoms with Crippen LogP contribution in [0.15, 0.2) is 30.7 Å². The third kappa shape index (κ3) is 2.53. The molecule has 0 fully saturated rings. The van der Waals surface area contributed by atoms with E-state index in [0.717, 1.165) is 5.69 Å². The quantitative estimate of drug-likeness (QED) is 0.658. The Labute approximate surface area is 110 Å². The van der Waals surface area contributed by atoms with Crippen LogP contribution in [0.1, 0.15) is 17.3 Å².